The number of nitrogens with zero attached hydrogens (tertiary/aromatic N) is 1. The quantitative estimate of drug-likeness (QED) is 0.654. The van der Waals surface area contributed by atoms with Crippen molar-refractivity contribution in [2.75, 3.05) is 11.9 Å². The van der Waals surface area contributed by atoms with Crippen LogP contribution < -0.4 is 10.6 Å². The van der Waals surface area contributed by atoms with E-state index in [-0.39, 0.29) is 11.6 Å². The largest absolute Gasteiger partial charge is 0.319 e. The highest BCUT2D eigenvalue weighted by molar-refractivity contribution is 5.99. The lowest BCUT2D eigenvalue weighted by Crippen LogP contribution is -2.50. The first-order valence-corrected chi connectivity index (χ1v) is 6.49. The molecule has 1 fully saturated rings. The molecule has 0 aromatic heterocycles. The van der Waals surface area contributed by atoms with E-state index in [0.29, 0.717) is 12.8 Å². The molecule has 0 radical (unpaired) electrons. The molecule has 1 aromatic carbocycles. The van der Waals surface area contributed by atoms with Crippen LogP contribution in [0.5, 0.6) is 0 Å². The number of rotatable bonds is 4. The lowest BCUT2D eigenvalue weighted by molar-refractivity contribution is -0.384. The summed E-state index contributed by atoms with van der Waals surface area (Å²) in [4.78, 5) is 22.5. The van der Waals surface area contributed by atoms with Gasteiger partial charge in [-0.2, -0.15) is 0 Å². The van der Waals surface area contributed by atoms with E-state index in [2.05, 4.69) is 10.6 Å². The zero-order valence-corrected chi connectivity index (χ0v) is 11.1. The van der Waals surface area contributed by atoms with Crippen molar-refractivity contribution in [3.8, 4) is 0 Å². The van der Waals surface area contributed by atoms with Crippen molar-refractivity contribution >= 4 is 17.3 Å². The zero-order valence-electron chi connectivity index (χ0n) is 11.1. The second kappa shape index (κ2) is 5.54. The fraction of sp³-hybridized carbons (Fsp3) is 0.462. The van der Waals surface area contributed by atoms with Crippen LogP contribution >= 0.6 is 0 Å². The third kappa shape index (κ3) is 2.62. The monoisotopic (exact) mass is 281 g/mol. The Bertz CT molecular complexity index is 542. The van der Waals surface area contributed by atoms with Crippen molar-refractivity contribution in [1.29, 1.82) is 0 Å². The number of nitro benzene ring substituents is 1. The van der Waals surface area contributed by atoms with E-state index in [1.165, 1.54) is 6.07 Å². The van der Waals surface area contributed by atoms with Gasteiger partial charge in [0.15, 0.2) is 0 Å². The Morgan fingerprint density at radius 2 is 2.35 bits per heavy atom. The van der Waals surface area contributed by atoms with Crippen molar-refractivity contribution in [2.24, 2.45) is 0 Å². The van der Waals surface area contributed by atoms with Gasteiger partial charge in [0.2, 0.25) is 5.91 Å². The van der Waals surface area contributed by atoms with E-state index in [0.717, 1.165) is 25.1 Å². The molecule has 1 unspecified atom stereocenters. The van der Waals surface area contributed by atoms with Crippen molar-refractivity contribution in [3.63, 3.8) is 0 Å². The first-order valence-electron chi connectivity index (χ1n) is 6.49. The summed E-state index contributed by atoms with van der Waals surface area (Å²) in [6, 6.07) is 3.10. The standard InChI is InChI=1S/C13H16FN3O3/c1-2-13(6-3-7-15-13)12(18)16-10-5-4-9(14)8-11(10)17(19)20/h4-5,8,15H,2-3,6-7H2,1H3,(H,16,18). The number of nitrogens with one attached hydrogen (secondary N) is 2. The summed E-state index contributed by atoms with van der Waals surface area (Å²) in [7, 11) is 0. The summed E-state index contributed by atoms with van der Waals surface area (Å²) in [6.07, 6.45) is 2.16. The van der Waals surface area contributed by atoms with Crippen LogP contribution in [0.2, 0.25) is 0 Å². The molecule has 1 aliphatic heterocycles. The minimum absolute atomic E-state index is 0.0166. The highest BCUT2D eigenvalue weighted by atomic mass is 19.1. The van der Waals surface area contributed by atoms with E-state index in [4.69, 9.17) is 0 Å². The Kier molecular flexibility index (Phi) is 3.99. The fourth-order valence-electron chi connectivity index (χ4n) is 2.47. The van der Waals surface area contributed by atoms with Gasteiger partial charge in [-0.25, -0.2) is 4.39 Å². The van der Waals surface area contributed by atoms with Crippen LogP contribution in [-0.4, -0.2) is 22.9 Å². The van der Waals surface area contributed by atoms with Crippen molar-refractivity contribution in [3.05, 3.63) is 34.1 Å². The number of halogens is 1. The summed E-state index contributed by atoms with van der Waals surface area (Å²) in [6.45, 7) is 2.63. The Labute approximate surface area is 115 Å². The summed E-state index contributed by atoms with van der Waals surface area (Å²) >= 11 is 0. The molecule has 108 valence electrons. The predicted octanol–water partition coefficient (Wildman–Crippen LogP) is 2.20. The van der Waals surface area contributed by atoms with Gasteiger partial charge in [0, 0.05) is 0 Å². The summed E-state index contributed by atoms with van der Waals surface area (Å²) < 4.78 is 13.1. The zero-order chi connectivity index (χ0) is 14.8. The van der Waals surface area contributed by atoms with E-state index in [9.17, 15) is 19.3 Å². The normalized spacial score (nSPS) is 21.7. The second-order valence-corrected chi connectivity index (χ2v) is 4.84. The Balaban J connectivity index is 2.25. The summed E-state index contributed by atoms with van der Waals surface area (Å²) in [5, 5.41) is 16.6. The lowest BCUT2D eigenvalue weighted by Gasteiger charge is -2.26. The summed E-state index contributed by atoms with van der Waals surface area (Å²) in [5.41, 5.74) is -1.12. The molecular weight excluding hydrogens is 265 g/mol. The van der Waals surface area contributed by atoms with Crippen molar-refractivity contribution < 1.29 is 14.1 Å². The average Bonchev–Trinajstić information content (AvgIpc) is 2.90. The highest BCUT2D eigenvalue weighted by Crippen LogP contribution is 2.29. The molecule has 1 saturated heterocycles. The summed E-state index contributed by atoms with van der Waals surface area (Å²) in [5.74, 6) is -1.02. The van der Waals surface area contributed by atoms with E-state index in [1.807, 2.05) is 6.92 Å². The van der Waals surface area contributed by atoms with E-state index >= 15 is 0 Å². The van der Waals surface area contributed by atoms with Gasteiger partial charge in [-0.1, -0.05) is 6.92 Å². The predicted molar refractivity (Wildman–Crippen MR) is 71.9 cm³/mol. The molecule has 7 heteroatoms. The van der Waals surface area contributed by atoms with Crippen LogP contribution in [-0.2, 0) is 4.79 Å². The van der Waals surface area contributed by atoms with Crippen LogP contribution in [0.1, 0.15) is 26.2 Å². The van der Waals surface area contributed by atoms with Crippen LogP contribution in [0.3, 0.4) is 0 Å². The Morgan fingerprint density at radius 1 is 1.60 bits per heavy atom. The molecule has 2 N–H and O–H groups in total. The SMILES string of the molecule is CCC1(C(=O)Nc2ccc(F)cc2[N+](=O)[O-])CCCN1. The third-order valence-electron chi connectivity index (χ3n) is 3.69. The molecule has 0 saturated carbocycles. The number of amides is 1. The van der Waals surface area contributed by atoms with Crippen LogP contribution in [0.4, 0.5) is 15.8 Å². The lowest BCUT2D eigenvalue weighted by atomic mass is 9.93. The number of anilines is 1. The molecule has 1 aromatic rings. The van der Waals surface area contributed by atoms with Gasteiger partial charge in [0.25, 0.3) is 5.69 Å². The molecule has 0 aliphatic carbocycles. The number of carbonyl (C=O) groups is 1. The number of nitro groups is 1. The Morgan fingerprint density at radius 3 is 2.90 bits per heavy atom. The molecule has 1 amide bonds. The average molecular weight is 281 g/mol. The molecular formula is C13H16FN3O3. The van der Waals surface area contributed by atoms with E-state index in [1.54, 1.807) is 0 Å². The van der Waals surface area contributed by atoms with Crippen LogP contribution in [0.25, 0.3) is 0 Å². The number of benzene rings is 1. The number of hydrogen-bond donors (Lipinski definition) is 2. The molecule has 1 aliphatic rings. The number of carbonyl (C=O) groups excluding carboxylic acids is 1. The van der Waals surface area contributed by atoms with E-state index < -0.39 is 22.0 Å². The minimum Gasteiger partial charge on any atom is -0.319 e. The van der Waals surface area contributed by atoms with Crippen LogP contribution in [0, 0.1) is 15.9 Å². The first-order chi connectivity index (χ1) is 9.48. The first kappa shape index (κ1) is 14.4. The van der Waals surface area contributed by atoms with Gasteiger partial charge in [-0.3, -0.25) is 14.9 Å². The molecule has 20 heavy (non-hydrogen) atoms. The number of hydrogen-bond acceptors (Lipinski definition) is 4. The molecule has 6 nitrogen and oxygen atoms in total. The smallest absolute Gasteiger partial charge is 0.295 e. The van der Waals surface area contributed by atoms with Gasteiger partial charge >= 0.3 is 0 Å². The van der Waals surface area contributed by atoms with Gasteiger partial charge in [0.1, 0.15) is 11.5 Å². The highest BCUT2D eigenvalue weighted by Gasteiger charge is 2.39. The molecule has 0 bridgehead atoms. The Hall–Kier alpha value is -2.02. The fourth-order valence-corrected chi connectivity index (χ4v) is 2.47. The van der Waals surface area contributed by atoms with Crippen LogP contribution in [0.15, 0.2) is 18.2 Å². The maximum Gasteiger partial charge on any atom is 0.295 e. The van der Waals surface area contributed by atoms with Crippen molar-refractivity contribution in [2.45, 2.75) is 31.7 Å². The van der Waals surface area contributed by atoms with Crippen molar-refractivity contribution in [1.82, 2.24) is 5.32 Å². The molecule has 1 heterocycles. The molecule has 2 rings (SSSR count). The maximum atomic E-state index is 13.1. The topological polar surface area (TPSA) is 84.3 Å². The maximum absolute atomic E-state index is 13.1. The van der Waals surface area contributed by atoms with Gasteiger partial charge < -0.3 is 10.6 Å². The second-order valence-electron chi connectivity index (χ2n) is 4.84. The third-order valence-corrected chi connectivity index (χ3v) is 3.69. The molecule has 0 spiro atoms. The van der Waals surface area contributed by atoms with Gasteiger partial charge in [-0.05, 0) is 37.9 Å². The van der Waals surface area contributed by atoms with Gasteiger partial charge in [-0.15, -0.1) is 0 Å². The molecule has 1 atom stereocenters. The van der Waals surface area contributed by atoms with Gasteiger partial charge in [0.05, 0.1) is 16.5 Å². The minimum atomic E-state index is -0.709.